The molecule has 2 heteroatoms. The lowest BCUT2D eigenvalue weighted by Crippen LogP contribution is -2.13. The lowest BCUT2D eigenvalue weighted by Gasteiger charge is -2.08. The van der Waals surface area contributed by atoms with Crippen molar-refractivity contribution in [1.29, 1.82) is 0 Å². The predicted molar refractivity (Wildman–Crippen MR) is 60.7 cm³/mol. The quantitative estimate of drug-likeness (QED) is 0.708. The maximum absolute atomic E-state index is 11.2. The highest BCUT2D eigenvalue weighted by atomic mass is 16.5. The Morgan fingerprint density at radius 2 is 2.20 bits per heavy atom. The number of carbonyl (C=O) groups is 1. The van der Waals surface area contributed by atoms with E-state index in [-0.39, 0.29) is 11.9 Å². The molecule has 1 aromatic rings. The van der Waals surface area contributed by atoms with Gasteiger partial charge in [0.1, 0.15) is 0 Å². The van der Waals surface area contributed by atoms with Crippen molar-refractivity contribution < 1.29 is 9.53 Å². The Kier molecular flexibility index (Phi) is 4.35. The van der Waals surface area contributed by atoms with Crippen molar-refractivity contribution in [3.05, 3.63) is 35.4 Å². The summed E-state index contributed by atoms with van der Waals surface area (Å²) in [4.78, 5) is 11.2. The molecule has 0 saturated carbocycles. The third kappa shape index (κ3) is 3.74. The van der Waals surface area contributed by atoms with E-state index in [0.717, 1.165) is 12.8 Å². The molecular formula is C13H18O2. The van der Waals surface area contributed by atoms with Crippen LogP contribution in [0.25, 0.3) is 0 Å². The highest BCUT2D eigenvalue weighted by Gasteiger charge is 2.12. The van der Waals surface area contributed by atoms with E-state index in [1.54, 1.807) is 0 Å². The Hall–Kier alpha value is -1.31. The van der Waals surface area contributed by atoms with Gasteiger partial charge in [0.05, 0.1) is 13.0 Å². The van der Waals surface area contributed by atoms with Crippen LogP contribution in [0.1, 0.15) is 24.5 Å². The third-order valence-electron chi connectivity index (χ3n) is 2.55. The molecule has 0 radical (unpaired) electrons. The topological polar surface area (TPSA) is 26.3 Å². The molecule has 0 fully saturated rings. The maximum atomic E-state index is 11.2. The molecule has 1 atom stereocenters. The Labute approximate surface area is 91.3 Å². The van der Waals surface area contributed by atoms with Gasteiger partial charge < -0.3 is 4.74 Å². The molecule has 15 heavy (non-hydrogen) atoms. The average Bonchev–Trinajstić information content (AvgIpc) is 2.25. The first-order valence-corrected chi connectivity index (χ1v) is 5.27. The number of hydrogen-bond donors (Lipinski definition) is 0. The summed E-state index contributed by atoms with van der Waals surface area (Å²) in [5, 5.41) is 0. The normalized spacial score (nSPS) is 12.2. The monoisotopic (exact) mass is 206 g/mol. The Morgan fingerprint density at radius 1 is 1.47 bits per heavy atom. The second-order valence-corrected chi connectivity index (χ2v) is 3.95. The van der Waals surface area contributed by atoms with E-state index in [0.29, 0.717) is 0 Å². The van der Waals surface area contributed by atoms with Gasteiger partial charge in [-0.25, -0.2) is 0 Å². The van der Waals surface area contributed by atoms with Crippen LogP contribution in [-0.4, -0.2) is 13.1 Å². The molecule has 1 aromatic carbocycles. The lowest BCUT2D eigenvalue weighted by atomic mass is 10.0. The van der Waals surface area contributed by atoms with Gasteiger partial charge in [-0.05, 0) is 25.3 Å². The molecule has 0 aliphatic rings. The summed E-state index contributed by atoms with van der Waals surface area (Å²) in [6.45, 7) is 3.98. The summed E-state index contributed by atoms with van der Waals surface area (Å²) >= 11 is 0. The standard InChI is InChI=1S/C13H18O2/c1-10-5-4-6-12(9-10)8-7-11(2)13(14)15-3/h4-6,9,11H,7-8H2,1-3H3. The van der Waals surface area contributed by atoms with Crippen LogP contribution in [0.15, 0.2) is 24.3 Å². The van der Waals surface area contributed by atoms with Gasteiger partial charge in [0.25, 0.3) is 0 Å². The minimum atomic E-state index is -0.123. The van der Waals surface area contributed by atoms with Gasteiger partial charge >= 0.3 is 5.97 Å². The van der Waals surface area contributed by atoms with Gasteiger partial charge in [-0.15, -0.1) is 0 Å². The van der Waals surface area contributed by atoms with Gasteiger partial charge in [0.15, 0.2) is 0 Å². The number of rotatable bonds is 4. The van der Waals surface area contributed by atoms with Crippen LogP contribution in [0.4, 0.5) is 0 Å². The van der Waals surface area contributed by atoms with Gasteiger partial charge in [0.2, 0.25) is 0 Å². The van der Waals surface area contributed by atoms with Crippen LogP contribution >= 0.6 is 0 Å². The number of carbonyl (C=O) groups excluding carboxylic acids is 1. The zero-order valence-electron chi connectivity index (χ0n) is 9.62. The maximum Gasteiger partial charge on any atom is 0.308 e. The van der Waals surface area contributed by atoms with Gasteiger partial charge in [-0.1, -0.05) is 36.8 Å². The van der Waals surface area contributed by atoms with Gasteiger partial charge in [-0.2, -0.15) is 0 Å². The molecule has 0 spiro atoms. The first-order chi connectivity index (χ1) is 7.13. The largest absolute Gasteiger partial charge is 0.469 e. The van der Waals surface area contributed by atoms with E-state index in [2.05, 4.69) is 29.9 Å². The smallest absolute Gasteiger partial charge is 0.308 e. The number of methoxy groups -OCH3 is 1. The lowest BCUT2D eigenvalue weighted by molar-refractivity contribution is -0.145. The van der Waals surface area contributed by atoms with E-state index >= 15 is 0 Å². The summed E-state index contributed by atoms with van der Waals surface area (Å²) in [6, 6.07) is 8.38. The molecule has 2 nitrogen and oxygen atoms in total. The van der Waals surface area contributed by atoms with Crippen LogP contribution in [0, 0.1) is 12.8 Å². The van der Waals surface area contributed by atoms with Crippen molar-refractivity contribution in [1.82, 2.24) is 0 Å². The second-order valence-electron chi connectivity index (χ2n) is 3.95. The Balaban J connectivity index is 2.47. The first kappa shape index (κ1) is 11.8. The molecule has 0 N–H and O–H groups in total. The van der Waals surface area contributed by atoms with Crippen LogP contribution in [0.5, 0.6) is 0 Å². The molecule has 0 bridgehead atoms. The van der Waals surface area contributed by atoms with Crippen LogP contribution in [0.2, 0.25) is 0 Å². The molecule has 0 aromatic heterocycles. The van der Waals surface area contributed by atoms with Crippen molar-refractivity contribution in [2.45, 2.75) is 26.7 Å². The molecule has 0 amide bonds. The average molecular weight is 206 g/mol. The third-order valence-corrected chi connectivity index (χ3v) is 2.55. The molecule has 0 heterocycles. The van der Waals surface area contributed by atoms with Crippen LogP contribution < -0.4 is 0 Å². The van der Waals surface area contributed by atoms with E-state index < -0.39 is 0 Å². The van der Waals surface area contributed by atoms with Crippen molar-refractivity contribution in [3.63, 3.8) is 0 Å². The van der Waals surface area contributed by atoms with Gasteiger partial charge in [-0.3, -0.25) is 4.79 Å². The van der Waals surface area contributed by atoms with Gasteiger partial charge in [0, 0.05) is 0 Å². The molecule has 1 unspecified atom stereocenters. The summed E-state index contributed by atoms with van der Waals surface area (Å²) in [6.07, 6.45) is 1.77. The summed E-state index contributed by atoms with van der Waals surface area (Å²) in [7, 11) is 1.44. The number of esters is 1. The highest BCUT2D eigenvalue weighted by molar-refractivity contribution is 5.71. The predicted octanol–water partition coefficient (Wildman–Crippen LogP) is 2.74. The molecule has 0 saturated heterocycles. The second kappa shape index (κ2) is 5.54. The zero-order chi connectivity index (χ0) is 11.3. The molecule has 0 aliphatic carbocycles. The van der Waals surface area contributed by atoms with Crippen molar-refractivity contribution in [3.8, 4) is 0 Å². The first-order valence-electron chi connectivity index (χ1n) is 5.27. The van der Waals surface area contributed by atoms with Crippen LogP contribution in [-0.2, 0) is 16.0 Å². The molecule has 82 valence electrons. The fourth-order valence-electron chi connectivity index (χ4n) is 1.57. The molecule has 0 aliphatic heterocycles. The summed E-state index contributed by atoms with van der Waals surface area (Å²) < 4.78 is 4.69. The van der Waals surface area contributed by atoms with Crippen molar-refractivity contribution >= 4 is 5.97 Å². The van der Waals surface area contributed by atoms with E-state index in [1.807, 2.05) is 13.0 Å². The van der Waals surface area contributed by atoms with Crippen LogP contribution in [0.3, 0.4) is 0 Å². The molecular weight excluding hydrogens is 188 g/mol. The summed E-state index contributed by atoms with van der Waals surface area (Å²) in [5.41, 5.74) is 2.55. The fourth-order valence-corrected chi connectivity index (χ4v) is 1.57. The number of aryl methyl sites for hydroxylation is 2. The minimum Gasteiger partial charge on any atom is -0.469 e. The number of ether oxygens (including phenoxy) is 1. The number of benzene rings is 1. The van der Waals surface area contributed by atoms with E-state index in [1.165, 1.54) is 18.2 Å². The van der Waals surface area contributed by atoms with E-state index in [4.69, 9.17) is 0 Å². The molecule has 1 rings (SSSR count). The Morgan fingerprint density at radius 3 is 2.80 bits per heavy atom. The van der Waals surface area contributed by atoms with Crippen molar-refractivity contribution in [2.24, 2.45) is 5.92 Å². The highest BCUT2D eigenvalue weighted by Crippen LogP contribution is 2.12. The zero-order valence-corrected chi connectivity index (χ0v) is 9.62. The SMILES string of the molecule is COC(=O)C(C)CCc1cccc(C)c1. The van der Waals surface area contributed by atoms with E-state index in [9.17, 15) is 4.79 Å². The van der Waals surface area contributed by atoms with Crippen molar-refractivity contribution in [2.75, 3.05) is 7.11 Å². The number of hydrogen-bond acceptors (Lipinski definition) is 2. The summed E-state index contributed by atoms with van der Waals surface area (Å²) in [5.74, 6) is -0.141. The Bertz CT molecular complexity index is 331. The minimum absolute atomic E-state index is 0.0180. The fraction of sp³-hybridized carbons (Fsp3) is 0.462.